The number of benzene rings is 2. The van der Waals surface area contributed by atoms with Gasteiger partial charge in [-0.1, -0.05) is 36.4 Å². The number of anilines is 2. The molecular weight excluding hydrogens is 220 g/mol. The van der Waals surface area contributed by atoms with Crippen molar-refractivity contribution in [1.82, 2.24) is 0 Å². The summed E-state index contributed by atoms with van der Waals surface area (Å²) in [6, 6.07) is 14.8. The van der Waals surface area contributed by atoms with E-state index in [-0.39, 0.29) is 0 Å². The van der Waals surface area contributed by atoms with Gasteiger partial charge < -0.3 is 11.1 Å². The Morgan fingerprint density at radius 1 is 1.17 bits per heavy atom. The Labute approximate surface area is 108 Å². The van der Waals surface area contributed by atoms with Crippen molar-refractivity contribution in [2.24, 2.45) is 0 Å². The van der Waals surface area contributed by atoms with Crippen LogP contribution in [0.5, 0.6) is 0 Å². The van der Waals surface area contributed by atoms with Gasteiger partial charge in [-0.3, -0.25) is 0 Å². The van der Waals surface area contributed by atoms with E-state index in [1.54, 1.807) is 0 Å². The number of hydrogen-bond donors (Lipinski definition) is 2. The van der Waals surface area contributed by atoms with Crippen molar-refractivity contribution >= 4 is 11.4 Å². The van der Waals surface area contributed by atoms with Gasteiger partial charge in [0.2, 0.25) is 0 Å². The molecule has 0 bridgehead atoms. The van der Waals surface area contributed by atoms with Gasteiger partial charge in [0.25, 0.3) is 0 Å². The minimum Gasteiger partial charge on any atom is -0.397 e. The van der Waals surface area contributed by atoms with Gasteiger partial charge in [0.05, 0.1) is 11.4 Å². The molecule has 3 rings (SSSR count). The molecule has 0 heterocycles. The molecule has 1 unspecified atom stereocenters. The largest absolute Gasteiger partial charge is 0.397 e. The van der Waals surface area contributed by atoms with Crippen LogP contribution < -0.4 is 11.1 Å². The first-order chi connectivity index (χ1) is 8.75. The monoisotopic (exact) mass is 238 g/mol. The van der Waals surface area contributed by atoms with Crippen LogP contribution in [0.25, 0.3) is 0 Å². The molecule has 1 atom stereocenters. The van der Waals surface area contributed by atoms with Crippen molar-refractivity contribution in [3.05, 3.63) is 59.2 Å². The molecule has 0 aromatic heterocycles. The van der Waals surface area contributed by atoms with Crippen LogP contribution in [0, 0.1) is 6.92 Å². The van der Waals surface area contributed by atoms with E-state index < -0.39 is 0 Å². The maximum Gasteiger partial charge on any atom is 0.0579 e. The van der Waals surface area contributed by atoms with Crippen LogP contribution in [0.2, 0.25) is 0 Å². The molecule has 3 N–H and O–H groups in total. The first kappa shape index (κ1) is 11.1. The first-order valence-corrected chi connectivity index (χ1v) is 6.42. The Kier molecular flexibility index (Phi) is 2.71. The zero-order chi connectivity index (χ0) is 12.5. The summed E-state index contributed by atoms with van der Waals surface area (Å²) in [5.41, 5.74) is 12.1. The highest BCUT2D eigenvalue weighted by atomic mass is 14.9. The molecule has 2 aromatic carbocycles. The molecule has 0 fully saturated rings. The summed E-state index contributed by atoms with van der Waals surface area (Å²) in [7, 11) is 0. The molecule has 2 heteroatoms. The molecule has 2 aromatic rings. The summed E-state index contributed by atoms with van der Waals surface area (Å²) >= 11 is 0. The zero-order valence-corrected chi connectivity index (χ0v) is 10.6. The predicted octanol–water partition coefficient (Wildman–Crippen LogP) is 3.33. The molecule has 2 nitrogen and oxygen atoms in total. The van der Waals surface area contributed by atoms with E-state index in [1.165, 1.54) is 17.5 Å². The summed E-state index contributed by atoms with van der Waals surface area (Å²) < 4.78 is 0. The highest BCUT2D eigenvalue weighted by molar-refractivity contribution is 5.69. The van der Waals surface area contributed by atoms with E-state index in [2.05, 4.69) is 29.6 Å². The first-order valence-electron chi connectivity index (χ1n) is 6.42. The minimum absolute atomic E-state index is 0.626. The zero-order valence-electron chi connectivity index (χ0n) is 10.6. The fourth-order valence-corrected chi connectivity index (χ4v) is 2.61. The van der Waals surface area contributed by atoms with E-state index in [4.69, 9.17) is 5.73 Å². The fourth-order valence-electron chi connectivity index (χ4n) is 2.61. The second-order valence-corrected chi connectivity index (χ2v) is 5.02. The van der Waals surface area contributed by atoms with Gasteiger partial charge in [-0.2, -0.15) is 0 Å². The second-order valence-electron chi connectivity index (χ2n) is 5.02. The van der Waals surface area contributed by atoms with Crippen LogP contribution in [0.1, 0.15) is 22.6 Å². The highest BCUT2D eigenvalue weighted by Crippen LogP contribution is 2.35. The maximum atomic E-state index is 6.06. The Morgan fingerprint density at radius 2 is 2.00 bits per heavy atom. The van der Waals surface area contributed by atoms with Gasteiger partial charge in [0.15, 0.2) is 0 Å². The Morgan fingerprint density at radius 3 is 2.83 bits per heavy atom. The van der Waals surface area contributed by atoms with Crippen molar-refractivity contribution in [3.8, 4) is 0 Å². The third kappa shape index (κ3) is 1.84. The number of para-hydroxylation sites is 1. The molecule has 0 aliphatic heterocycles. The molecule has 0 amide bonds. The SMILES string of the molecule is Cc1cccc(NCC2Cc3ccccc32)c1N. The molecule has 18 heavy (non-hydrogen) atoms. The predicted molar refractivity (Wildman–Crippen MR) is 77.0 cm³/mol. The average Bonchev–Trinajstić information content (AvgIpc) is 2.35. The van der Waals surface area contributed by atoms with Crippen molar-refractivity contribution in [2.45, 2.75) is 19.3 Å². The topological polar surface area (TPSA) is 38.0 Å². The number of aryl methyl sites for hydroxylation is 1. The smallest absolute Gasteiger partial charge is 0.0579 e. The number of nitrogens with two attached hydrogens (primary N) is 1. The van der Waals surface area contributed by atoms with Crippen molar-refractivity contribution in [2.75, 3.05) is 17.6 Å². The van der Waals surface area contributed by atoms with Gasteiger partial charge in [-0.05, 0) is 36.1 Å². The van der Waals surface area contributed by atoms with Crippen LogP contribution >= 0.6 is 0 Å². The van der Waals surface area contributed by atoms with Crippen LogP contribution in [0.4, 0.5) is 11.4 Å². The summed E-state index contributed by atoms with van der Waals surface area (Å²) in [6.45, 7) is 3.00. The van der Waals surface area contributed by atoms with Gasteiger partial charge in [0, 0.05) is 12.5 Å². The lowest BCUT2D eigenvalue weighted by Crippen LogP contribution is -2.24. The van der Waals surface area contributed by atoms with Crippen molar-refractivity contribution < 1.29 is 0 Å². The summed E-state index contributed by atoms with van der Waals surface area (Å²) in [4.78, 5) is 0. The van der Waals surface area contributed by atoms with E-state index in [0.717, 1.165) is 23.5 Å². The quantitative estimate of drug-likeness (QED) is 0.805. The van der Waals surface area contributed by atoms with Crippen LogP contribution in [0.3, 0.4) is 0 Å². The van der Waals surface area contributed by atoms with Crippen LogP contribution in [-0.2, 0) is 6.42 Å². The second kappa shape index (κ2) is 4.37. The normalized spacial score (nSPS) is 16.8. The standard InChI is InChI=1S/C16H18N2/c1-11-5-4-8-15(16(11)17)18-10-13-9-12-6-2-3-7-14(12)13/h2-8,13,18H,9-10,17H2,1H3. The number of nitrogens with one attached hydrogen (secondary N) is 1. The summed E-state index contributed by atoms with van der Waals surface area (Å²) in [5, 5.41) is 3.47. The molecule has 1 aliphatic rings. The number of nitrogen functional groups attached to an aromatic ring is 1. The van der Waals surface area contributed by atoms with Gasteiger partial charge in [-0.15, -0.1) is 0 Å². The van der Waals surface area contributed by atoms with E-state index in [9.17, 15) is 0 Å². The van der Waals surface area contributed by atoms with E-state index in [1.807, 2.05) is 25.1 Å². The Balaban J connectivity index is 1.69. The minimum atomic E-state index is 0.626. The number of hydrogen-bond acceptors (Lipinski definition) is 2. The third-order valence-electron chi connectivity index (χ3n) is 3.82. The number of fused-ring (bicyclic) bond motifs is 1. The van der Waals surface area contributed by atoms with Gasteiger partial charge in [-0.25, -0.2) is 0 Å². The van der Waals surface area contributed by atoms with Crippen molar-refractivity contribution in [3.63, 3.8) is 0 Å². The molecule has 1 aliphatic carbocycles. The fraction of sp³-hybridized carbons (Fsp3) is 0.250. The Bertz CT molecular complexity index is 575. The average molecular weight is 238 g/mol. The third-order valence-corrected chi connectivity index (χ3v) is 3.82. The lowest BCUT2D eigenvalue weighted by molar-refractivity contribution is 0.636. The van der Waals surface area contributed by atoms with Gasteiger partial charge in [0.1, 0.15) is 0 Å². The Hall–Kier alpha value is -1.96. The molecule has 0 radical (unpaired) electrons. The van der Waals surface area contributed by atoms with Crippen molar-refractivity contribution in [1.29, 1.82) is 0 Å². The summed E-state index contributed by atoms with van der Waals surface area (Å²) in [5.74, 6) is 0.626. The molecule has 0 spiro atoms. The van der Waals surface area contributed by atoms with Crippen LogP contribution in [-0.4, -0.2) is 6.54 Å². The van der Waals surface area contributed by atoms with E-state index >= 15 is 0 Å². The highest BCUT2D eigenvalue weighted by Gasteiger charge is 2.24. The number of rotatable bonds is 3. The lowest BCUT2D eigenvalue weighted by Gasteiger charge is -2.30. The lowest BCUT2D eigenvalue weighted by atomic mass is 9.77. The molecule has 92 valence electrons. The molecule has 0 saturated heterocycles. The molecule has 0 saturated carbocycles. The maximum absolute atomic E-state index is 6.06. The van der Waals surface area contributed by atoms with Crippen LogP contribution in [0.15, 0.2) is 42.5 Å². The van der Waals surface area contributed by atoms with E-state index in [0.29, 0.717) is 5.92 Å². The molecular formula is C16H18N2. The van der Waals surface area contributed by atoms with Gasteiger partial charge >= 0.3 is 0 Å². The summed E-state index contributed by atoms with van der Waals surface area (Å²) in [6.07, 6.45) is 1.18.